The number of amides is 1. The lowest BCUT2D eigenvalue weighted by Crippen LogP contribution is -2.28. The molecule has 0 bridgehead atoms. The summed E-state index contributed by atoms with van der Waals surface area (Å²) in [4.78, 5) is 14.6. The van der Waals surface area contributed by atoms with Crippen molar-refractivity contribution in [2.75, 3.05) is 13.1 Å². The first kappa shape index (κ1) is 15.8. The molecule has 0 radical (unpaired) electrons. The van der Waals surface area contributed by atoms with E-state index in [1.807, 2.05) is 35.2 Å². The Morgan fingerprint density at radius 3 is 2.80 bits per heavy atom. The van der Waals surface area contributed by atoms with Crippen molar-refractivity contribution in [1.29, 1.82) is 0 Å². The third-order valence-electron chi connectivity index (χ3n) is 4.51. The summed E-state index contributed by atoms with van der Waals surface area (Å²) >= 11 is 5.95. The van der Waals surface area contributed by atoms with E-state index in [0.717, 1.165) is 23.6 Å². The zero-order valence-corrected chi connectivity index (χ0v) is 14.1. The van der Waals surface area contributed by atoms with Crippen molar-refractivity contribution in [1.82, 2.24) is 25.3 Å². The third-order valence-corrected chi connectivity index (χ3v) is 4.76. The fourth-order valence-electron chi connectivity index (χ4n) is 3.14. The molecule has 1 aliphatic heterocycles. The molecule has 1 N–H and O–H groups in total. The molecular formula is C18H16ClN5O. The largest absolute Gasteiger partial charge is 0.337 e. The number of carbonyl (C=O) groups excluding carboxylic acids is 1. The van der Waals surface area contributed by atoms with Gasteiger partial charge in [0.25, 0.3) is 5.91 Å². The SMILES string of the molecule is O=C(c1cc(-c2ccnnc2)n[nH]1)N1CCC(c2ccc(Cl)cc2)C1. The molecule has 4 rings (SSSR count). The zero-order chi connectivity index (χ0) is 17.2. The van der Waals surface area contributed by atoms with Crippen LogP contribution in [0.15, 0.2) is 48.8 Å². The van der Waals surface area contributed by atoms with E-state index in [2.05, 4.69) is 20.4 Å². The number of nitrogens with zero attached hydrogens (tertiary/aromatic N) is 4. The first-order chi connectivity index (χ1) is 12.2. The van der Waals surface area contributed by atoms with E-state index >= 15 is 0 Å². The lowest BCUT2D eigenvalue weighted by molar-refractivity contribution is 0.0785. The number of nitrogens with one attached hydrogen (secondary N) is 1. The second-order valence-corrected chi connectivity index (χ2v) is 6.52. The first-order valence-corrected chi connectivity index (χ1v) is 8.46. The fraction of sp³-hybridized carbons (Fsp3) is 0.222. The summed E-state index contributed by atoms with van der Waals surface area (Å²) in [5.41, 5.74) is 3.22. The van der Waals surface area contributed by atoms with Crippen molar-refractivity contribution in [2.24, 2.45) is 0 Å². The summed E-state index contributed by atoms with van der Waals surface area (Å²) in [6.45, 7) is 1.43. The van der Waals surface area contributed by atoms with Crippen molar-refractivity contribution < 1.29 is 4.79 Å². The summed E-state index contributed by atoms with van der Waals surface area (Å²) in [6, 6.07) is 11.4. The molecule has 1 saturated heterocycles. The van der Waals surface area contributed by atoms with Crippen LogP contribution in [-0.2, 0) is 0 Å². The molecule has 1 amide bonds. The maximum absolute atomic E-state index is 12.7. The monoisotopic (exact) mass is 353 g/mol. The lowest BCUT2D eigenvalue weighted by Gasteiger charge is -2.15. The minimum atomic E-state index is -0.0303. The highest BCUT2D eigenvalue weighted by Gasteiger charge is 2.28. The van der Waals surface area contributed by atoms with Gasteiger partial charge in [0.15, 0.2) is 0 Å². The maximum atomic E-state index is 12.7. The van der Waals surface area contributed by atoms with Gasteiger partial charge in [-0.15, -0.1) is 0 Å². The van der Waals surface area contributed by atoms with Crippen molar-refractivity contribution in [3.05, 3.63) is 65.1 Å². The summed E-state index contributed by atoms with van der Waals surface area (Å²) in [5, 5.41) is 15.4. The molecule has 126 valence electrons. The standard InChI is InChI=1S/C18H16ClN5O/c19-15-3-1-12(2-4-15)14-6-8-24(11-14)18(25)17-9-16(22-23-17)13-5-7-20-21-10-13/h1-5,7,9-10,14H,6,8,11H2,(H,22,23). The van der Waals surface area contributed by atoms with E-state index in [4.69, 9.17) is 11.6 Å². The number of halogens is 1. The van der Waals surface area contributed by atoms with Gasteiger partial charge in [0.2, 0.25) is 0 Å². The van der Waals surface area contributed by atoms with E-state index < -0.39 is 0 Å². The van der Waals surface area contributed by atoms with Crippen molar-refractivity contribution in [2.45, 2.75) is 12.3 Å². The Bertz CT molecular complexity index is 878. The van der Waals surface area contributed by atoms with Crippen LogP contribution in [-0.4, -0.2) is 44.3 Å². The van der Waals surface area contributed by atoms with Gasteiger partial charge in [-0.2, -0.15) is 15.3 Å². The molecule has 1 unspecified atom stereocenters. The van der Waals surface area contributed by atoms with Gasteiger partial charge in [0, 0.05) is 29.6 Å². The number of H-pyrrole nitrogens is 1. The van der Waals surface area contributed by atoms with E-state index in [1.165, 1.54) is 5.56 Å². The fourth-order valence-corrected chi connectivity index (χ4v) is 3.27. The minimum Gasteiger partial charge on any atom is -0.337 e. The normalized spacial score (nSPS) is 17.0. The van der Waals surface area contributed by atoms with Crippen LogP contribution in [0.1, 0.15) is 28.4 Å². The molecule has 2 aromatic heterocycles. The van der Waals surface area contributed by atoms with Gasteiger partial charge in [-0.1, -0.05) is 23.7 Å². The van der Waals surface area contributed by atoms with Gasteiger partial charge in [-0.25, -0.2) is 0 Å². The van der Waals surface area contributed by atoms with E-state index in [0.29, 0.717) is 23.9 Å². The average molecular weight is 354 g/mol. The first-order valence-electron chi connectivity index (χ1n) is 8.08. The molecular weight excluding hydrogens is 338 g/mol. The second-order valence-electron chi connectivity index (χ2n) is 6.09. The molecule has 7 heteroatoms. The number of carbonyl (C=O) groups is 1. The van der Waals surface area contributed by atoms with Crippen LogP contribution in [0.4, 0.5) is 0 Å². The minimum absolute atomic E-state index is 0.0303. The molecule has 3 aromatic rings. The van der Waals surface area contributed by atoms with Gasteiger partial charge in [0.05, 0.1) is 18.1 Å². The molecule has 1 aromatic carbocycles. The van der Waals surface area contributed by atoms with Crippen LogP contribution in [0.2, 0.25) is 5.02 Å². The second kappa shape index (κ2) is 6.64. The Hall–Kier alpha value is -2.73. The highest BCUT2D eigenvalue weighted by Crippen LogP contribution is 2.29. The number of benzene rings is 1. The molecule has 0 spiro atoms. The predicted molar refractivity (Wildman–Crippen MR) is 94.3 cm³/mol. The van der Waals surface area contributed by atoms with Crippen LogP contribution in [0, 0.1) is 0 Å². The van der Waals surface area contributed by atoms with Gasteiger partial charge in [-0.05, 0) is 36.2 Å². The zero-order valence-electron chi connectivity index (χ0n) is 13.4. The Morgan fingerprint density at radius 1 is 1.20 bits per heavy atom. The smallest absolute Gasteiger partial charge is 0.271 e. The van der Waals surface area contributed by atoms with Gasteiger partial charge in [-0.3, -0.25) is 9.89 Å². The van der Waals surface area contributed by atoms with Gasteiger partial charge in [0.1, 0.15) is 5.69 Å². The van der Waals surface area contributed by atoms with Crippen LogP contribution >= 0.6 is 11.6 Å². The highest BCUT2D eigenvalue weighted by molar-refractivity contribution is 6.30. The topological polar surface area (TPSA) is 74.8 Å². The van der Waals surface area contributed by atoms with Crippen LogP contribution in [0.5, 0.6) is 0 Å². The molecule has 6 nitrogen and oxygen atoms in total. The van der Waals surface area contributed by atoms with E-state index in [-0.39, 0.29) is 5.91 Å². The highest BCUT2D eigenvalue weighted by atomic mass is 35.5. The average Bonchev–Trinajstić information content (AvgIpc) is 3.33. The van der Waals surface area contributed by atoms with Crippen molar-refractivity contribution in [3.8, 4) is 11.3 Å². The van der Waals surface area contributed by atoms with Crippen molar-refractivity contribution >= 4 is 17.5 Å². The lowest BCUT2D eigenvalue weighted by atomic mass is 9.99. The Labute approximate surface area is 149 Å². The van der Waals surface area contributed by atoms with Crippen LogP contribution in [0.3, 0.4) is 0 Å². The number of rotatable bonds is 3. The van der Waals surface area contributed by atoms with Gasteiger partial charge < -0.3 is 4.90 Å². The molecule has 3 heterocycles. The van der Waals surface area contributed by atoms with Crippen molar-refractivity contribution in [3.63, 3.8) is 0 Å². The number of aromatic amines is 1. The quantitative estimate of drug-likeness (QED) is 0.784. The maximum Gasteiger partial charge on any atom is 0.271 e. The number of hydrogen-bond acceptors (Lipinski definition) is 4. The number of likely N-dealkylation sites (tertiary alicyclic amines) is 1. The molecule has 1 aliphatic rings. The number of hydrogen-bond donors (Lipinski definition) is 1. The Balaban J connectivity index is 1.47. The molecule has 1 fully saturated rings. The number of aromatic nitrogens is 4. The summed E-state index contributed by atoms with van der Waals surface area (Å²) in [7, 11) is 0. The van der Waals surface area contributed by atoms with Gasteiger partial charge >= 0.3 is 0 Å². The molecule has 0 aliphatic carbocycles. The summed E-state index contributed by atoms with van der Waals surface area (Å²) in [5.74, 6) is 0.310. The Kier molecular flexibility index (Phi) is 4.19. The van der Waals surface area contributed by atoms with Crippen LogP contribution in [0.25, 0.3) is 11.3 Å². The Morgan fingerprint density at radius 2 is 2.04 bits per heavy atom. The van der Waals surface area contributed by atoms with Crippen LogP contribution < -0.4 is 0 Å². The molecule has 25 heavy (non-hydrogen) atoms. The van der Waals surface area contributed by atoms with E-state index in [1.54, 1.807) is 18.5 Å². The predicted octanol–water partition coefficient (Wildman–Crippen LogP) is 3.15. The molecule has 0 saturated carbocycles. The summed E-state index contributed by atoms with van der Waals surface area (Å²) < 4.78 is 0. The molecule has 1 atom stereocenters. The third kappa shape index (κ3) is 3.25. The van der Waals surface area contributed by atoms with E-state index in [9.17, 15) is 4.79 Å². The summed E-state index contributed by atoms with van der Waals surface area (Å²) in [6.07, 6.45) is 4.17.